The Labute approximate surface area is 83.9 Å². The summed E-state index contributed by atoms with van der Waals surface area (Å²) in [5, 5.41) is 4.97. The molecule has 1 heterocycles. The van der Waals surface area contributed by atoms with E-state index in [1.807, 2.05) is 10.9 Å². The molecule has 0 atom stereocenters. The van der Waals surface area contributed by atoms with Gasteiger partial charge in [-0.05, 0) is 33.2 Å². The van der Waals surface area contributed by atoms with E-state index in [0.29, 0.717) is 12.6 Å². The van der Waals surface area contributed by atoms with Crippen molar-refractivity contribution in [2.45, 2.75) is 32.7 Å². The number of aryl methyl sites for hydroxylation is 1. The maximum atomic E-state index is 6.11. The van der Waals surface area contributed by atoms with E-state index in [2.05, 4.69) is 18.9 Å². The van der Waals surface area contributed by atoms with Gasteiger partial charge in [0.05, 0.1) is 6.20 Å². The van der Waals surface area contributed by atoms with Gasteiger partial charge < -0.3 is 5.73 Å². The van der Waals surface area contributed by atoms with Crippen LogP contribution in [-0.4, -0.2) is 16.3 Å². The van der Waals surface area contributed by atoms with Crippen LogP contribution in [0.1, 0.15) is 31.9 Å². The van der Waals surface area contributed by atoms with Crippen molar-refractivity contribution in [1.82, 2.24) is 9.78 Å². The van der Waals surface area contributed by atoms with Gasteiger partial charge in [0.2, 0.25) is 0 Å². The Hall–Kier alpha value is -0.540. The van der Waals surface area contributed by atoms with Gasteiger partial charge in [0, 0.05) is 11.6 Å². The fourth-order valence-corrected chi connectivity index (χ4v) is 1.59. The number of hydrogen-bond acceptors (Lipinski definition) is 2. The molecule has 1 aromatic heterocycles. The zero-order valence-corrected chi connectivity index (χ0v) is 8.88. The molecule has 2 N–H and O–H groups in total. The molecule has 1 aromatic rings. The molecule has 0 aliphatic carbocycles. The highest BCUT2D eigenvalue weighted by atomic mass is 35.5. The Morgan fingerprint density at radius 3 is 2.77 bits per heavy atom. The quantitative estimate of drug-likeness (QED) is 0.810. The average molecular weight is 202 g/mol. The van der Waals surface area contributed by atoms with Gasteiger partial charge in [0.15, 0.2) is 0 Å². The van der Waals surface area contributed by atoms with Crippen LogP contribution in [0.3, 0.4) is 0 Å². The van der Waals surface area contributed by atoms with Gasteiger partial charge in [0.1, 0.15) is 5.15 Å². The van der Waals surface area contributed by atoms with Gasteiger partial charge >= 0.3 is 0 Å². The van der Waals surface area contributed by atoms with E-state index < -0.39 is 0 Å². The molecule has 0 saturated carbocycles. The topological polar surface area (TPSA) is 43.8 Å². The molecule has 0 aromatic carbocycles. The number of nitrogens with two attached hydrogens (primary N) is 1. The zero-order chi connectivity index (χ0) is 9.84. The third-order valence-electron chi connectivity index (χ3n) is 1.94. The van der Waals surface area contributed by atoms with Gasteiger partial charge in [-0.15, -0.1) is 0 Å². The number of aromatic nitrogens is 2. The smallest absolute Gasteiger partial charge is 0.130 e. The average Bonchev–Trinajstić information content (AvgIpc) is 2.43. The van der Waals surface area contributed by atoms with E-state index in [1.165, 1.54) is 0 Å². The third kappa shape index (κ3) is 2.45. The summed E-state index contributed by atoms with van der Waals surface area (Å²) < 4.78 is 1.83. The Balaban J connectivity index is 2.74. The number of hydrogen-bond donors (Lipinski definition) is 1. The maximum absolute atomic E-state index is 6.11. The zero-order valence-electron chi connectivity index (χ0n) is 8.13. The van der Waals surface area contributed by atoms with E-state index >= 15 is 0 Å². The van der Waals surface area contributed by atoms with Gasteiger partial charge in [-0.1, -0.05) is 11.6 Å². The van der Waals surface area contributed by atoms with E-state index in [0.717, 1.165) is 23.6 Å². The largest absolute Gasteiger partial charge is 0.330 e. The molecule has 0 unspecified atom stereocenters. The molecular formula is C9H16ClN3. The Kier molecular flexibility index (Phi) is 3.75. The van der Waals surface area contributed by atoms with Crippen molar-refractivity contribution < 1.29 is 0 Å². The van der Waals surface area contributed by atoms with Crippen LogP contribution in [-0.2, 0) is 6.42 Å². The Morgan fingerprint density at radius 1 is 1.62 bits per heavy atom. The Morgan fingerprint density at radius 2 is 2.31 bits per heavy atom. The number of halogens is 1. The summed E-state index contributed by atoms with van der Waals surface area (Å²) >= 11 is 6.11. The summed E-state index contributed by atoms with van der Waals surface area (Å²) in [4.78, 5) is 0. The molecule has 0 radical (unpaired) electrons. The number of nitrogens with zero attached hydrogens (tertiary/aromatic N) is 2. The summed E-state index contributed by atoms with van der Waals surface area (Å²) in [5.74, 6) is 0. The highest BCUT2D eigenvalue weighted by Crippen LogP contribution is 2.20. The highest BCUT2D eigenvalue weighted by Gasteiger charge is 2.09. The first-order valence-corrected chi connectivity index (χ1v) is 4.96. The minimum atomic E-state index is 0.319. The van der Waals surface area contributed by atoms with Gasteiger partial charge in [-0.25, -0.2) is 0 Å². The molecule has 4 heteroatoms. The molecule has 3 nitrogen and oxygen atoms in total. The van der Waals surface area contributed by atoms with Crippen molar-refractivity contribution in [3.05, 3.63) is 16.9 Å². The molecule has 0 amide bonds. The minimum Gasteiger partial charge on any atom is -0.330 e. The molecule has 0 fully saturated rings. The summed E-state index contributed by atoms with van der Waals surface area (Å²) in [6.07, 6.45) is 3.71. The van der Waals surface area contributed by atoms with Crippen LogP contribution in [0.4, 0.5) is 0 Å². The first-order chi connectivity index (χ1) is 6.16. The number of rotatable bonds is 4. The fraction of sp³-hybridized carbons (Fsp3) is 0.667. The van der Waals surface area contributed by atoms with Gasteiger partial charge in [0.25, 0.3) is 0 Å². The summed E-state index contributed by atoms with van der Waals surface area (Å²) in [6.45, 7) is 4.82. The second-order valence-corrected chi connectivity index (χ2v) is 3.75. The minimum absolute atomic E-state index is 0.319. The van der Waals surface area contributed by atoms with Crippen LogP contribution in [0.2, 0.25) is 5.15 Å². The monoisotopic (exact) mass is 201 g/mol. The van der Waals surface area contributed by atoms with Gasteiger partial charge in [-0.2, -0.15) is 5.10 Å². The lowest BCUT2D eigenvalue weighted by Gasteiger charge is -2.06. The normalized spacial score (nSPS) is 11.2. The lowest BCUT2D eigenvalue weighted by atomic mass is 10.2. The van der Waals surface area contributed by atoms with E-state index in [9.17, 15) is 0 Å². The maximum Gasteiger partial charge on any atom is 0.130 e. The van der Waals surface area contributed by atoms with Crippen LogP contribution < -0.4 is 5.73 Å². The van der Waals surface area contributed by atoms with Crippen molar-refractivity contribution in [3.8, 4) is 0 Å². The molecule has 74 valence electrons. The van der Waals surface area contributed by atoms with Crippen LogP contribution in [0, 0.1) is 0 Å². The standard InChI is InChI=1S/C9H16ClN3/c1-7(2)13-9(10)8(6-12-13)4-3-5-11/h6-7H,3-5,11H2,1-2H3. The van der Waals surface area contributed by atoms with Crippen LogP contribution in [0.5, 0.6) is 0 Å². The van der Waals surface area contributed by atoms with Crippen molar-refractivity contribution in [3.63, 3.8) is 0 Å². The molecule has 0 aliphatic heterocycles. The molecular weight excluding hydrogens is 186 g/mol. The van der Waals surface area contributed by atoms with Crippen LogP contribution in [0.15, 0.2) is 6.20 Å². The van der Waals surface area contributed by atoms with Crippen molar-refractivity contribution in [2.24, 2.45) is 5.73 Å². The summed E-state index contributed by atoms with van der Waals surface area (Å²) in [5.41, 5.74) is 6.52. The molecule has 0 saturated heterocycles. The fourth-order valence-electron chi connectivity index (χ4n) is 1.20. The Bertz CT molecular complexity index is 268. The van der Waals surface area contributed by atoms with E-state index in [1.54, 1.807) is 0 Å². The second kappa shape index (κ2) is 4.63. The molecule has 0 aliphatic rings. The predicted molar refractivity (Wildman–Crippen MR) is 55.0 cm³/mol. The first-order valence-electron chi connectivity index (χ1n) is 4.58. The molecule has 0 spiro atoms. The lowest BCUT2D eigenvalue weighted by molar-refractivity contribution is 0.533. The second-order valence-electron chi connectivity index (χ2n) is 3.39. The third-order valence-corrected chi connectivity index (χ3v) is 2.36. The van der Waals surface area contributed by atoms with Crippen LogP contribution in [0.25, 0.3) is 0 Å². The van der Waals surface area contributed by atoms with Crippen LogP contribution >= 0.6 is 11.6 Å². The summed E-state index contributed by atoms with van der Waals surface area (Å²) in [6, 6.07) is 0.319. The van der Waals surface area contributed by atoms with Crippen molar-refractivity contribution in [2.75, 3.05) is 6.54 Å². The van der Waals surface area contributed by atoms with E-state index in [-0.39, 0.29) is 0 Å². The SMILES string of the molecule is CC(C)n1ncc(CCCN)c1Cl. The molecule has 13 heavy (non-hydrogen) atoms. The molecule has 0 bridgehead atoms. The van der Waals surface area contributed by atoms with E-state index in [4.69, 9.17) is 17.3 Å². The van der Waals surface area contributed by atoms with Crippen molar-refractivity contribution >= 4 is 11.6 Å². The summed E-state index contributed by atoms with van der Waals surface area (Å²) in [7, 11) is 0. The first kappa shape index (κ1) is 10.5. The lowest BCUT2D eigenvalue weighted by Crippen LogP contribution is -2.03. The highest BCUT2D eigenvalue weighted by molar-refractivity contribution is 6.30. The van der Waals surface area contributed by atoms with Gasteiger partial charge in [-0.3, -0.25) is 4.68 Å². The molecule has 1 rings (SSSR count). The van der Waals surface area contributed by atoms with Crippen molar-refractivity contribution in [1.29, 1.82) is 0 Å². The predicted octanol–water partition coefficient (Wildman–Crippen LogP) is 2.01.